The summed E-state index contributed by atoms with van der Waals surface area (Å²) < 4.78 is 8.86. The quantitative estimate of drug-likeness (QED) is 0.184. The maximum absolute atomic E-state index is 9.30. The van der Waals surface area contributed by atoms with Crippen LogP contribution in [0.4, 0.5) is 0 Å². The predicted molar refractivity (Wildman–Crippen MR) is 41.7 cm³/mol. The largest absolute Gasteiger partial charge is 0.691 e. The van der Waals surface area contributed by atoms with Crippen LogP contribution in [0.25, 0.3) is 0 Å². The molecule has 12 heavy (non-hydrogen) atoms. The van der Waals surface area contributed by atoms with Gasteiger partial charge in [0, 0.05) is 12.0 Å². The molecule has 0 amide bonds. The minimum absolute atomic E-state index is 0.182. The number of rotatable bonds is 8. The van der Waals surface area contributed by atoms with Gasteiger partial charge < -0.3 is 15.1 Å². The molecule has 0 saturated heterocycles. The number of aliphatic hydroxyl groups excluding tert-OH is 1. The Morgan fingerprint density at radius 3 is 3.00 bits per heavy atom. The minimum Gasteiger partial charge on any atom is -0.691 e. The lowest BCUT2D eigenvalue weighted by Gasteiger charge is -2.09. The molecule has 0 bridgehead atoms. The van der Waals surface area contributed by atoms with Gasteiger partial charge in [-0.25, -0.2) is 0 Å². The van der Waals surface area contributed by atoms with Gasteiger partial charge in [-0.05, 0) is 0 Å². The number of aliphatic hydroxyl groups is 1. The molecule has 0 fully saturated rings. The molecular formula is C6H11O5S-. The molecular weight excluding hydrogens is 184 g/mol. The van der Waals surface area contributed by atoms with E-state index in [2.05, 4.69) is 16.0 Å². The molecule has 0 aliphatic carbocycles. The summed E-state index contributed by atoms with van der Waals surface area (Å²) in [6.07, 6.45) is 0.905. The van der Waals surface area contributed by atoms with Crippen LogP contribution in [0, 0.1) is 0 Å². The van der Waals surface area contributed by atoms with Gasteiger partial charge in [0.1, 0.15) is 0 Å². The SMILES string of the molecule is C=CCOCC(O)CSOO[O-]. The van der Waals surface area contributed by atoms with Crippen molar-refractivity contribution in [1.29, 1.82) is 0 Å². The second kappa shape index (κ2) is 8.98. The molecule has 0 aromatic heterocycles. The highest BCUT2D eigenvalue weighted by Gasteiger charge is 2.03. The van der Waals surface area contributed by atoms with Gasteiger partial charge >= 0.3 is 0 Å². The van der Waals surface area contributed by atoms with Gasteiger partial charge in [-0.3, -0.25) is 5.04 Å². The van der Waals surface area contributed by atoms with E-state index in [1.165, 1.54) is 0 Å². The minimum atomic E-state index is -0.676. The van der Waals surface area contributed by atoms with Crippen LogP contribution in [0.2, 0.25) is 0 Å². The van der Waals surface area contributed by atoms with E-state index in [-0.39, 0.29) is 12.4 Å². The lowest BCUT2D eigenvalue weighted by molar-refractivity contribution is -0.777. The van der Waals surface area contributed by atoms with Gasteiger partial charge in [-0.15, -0.1) is 6.58 Å². The third-order valence-corrected chi connectivity index (χ3v) is 1.55. The molecule has 5 nitrogen and oxygen atoms in total. The van der Waals surface area contributed by atoms with Gasteiger partial charge in [0.15, 0.2) is 0 Å². The van der Waals surface area contributed by atoms with Crippen LogP contribution in [0.1, 0.15) is 0 Å². The van der Waals surface area contributed by atoms with Crippen molar-refractivity contribution in [3.63, 3.8) is 0 Å². The molecule has 0 aliphatic heterocycles. The Morgan fingerprint density at radius 2 is 2.42 bits per heavy atom. The van der Waals surface area contributed by atoms with Crippen LogP contribution < -0.4 is 5.26 Å². The zero-order valence-electron chi connectivity index (χ0n) is 6.47. The molecule has 0 heterocycles. The Morgan fingerprint density at radius 1 is 1.67 bits per heavy atom. The van der Waals surface area contributed by atoms with Crippen molar-refractivity contribution in [3.8, 4) is 0 Å². The maximum atomic E-state index is 9.30. The molecule has 72 valence electrons. The van der Waals surface area contributed by atoms with E-state index in [4.69, 9.17) is 9.84 Å². The van der Waals surface area contributed by atoms with Crippen LogP contribution >= 0.6 is 12.0 Å². The van der Waals surface area contributed by atoms with E-state index in [0.717, 1.165) is 12.0 Å². The van der Waals surface area contributed by atoms with E-state index in [9.17, 15) is 5.26 Å². The van der Waals surface area contributed by atoms with E-state index in [1.807, 2.05) is 0 Å². The van der Waals surface area contributed by atoms with Gasteiger partial charge in [0.25, 0.3) is 0 Å². The molecule has 0 aliphatic rings. The van der Waals surface area contributed by atoms with Crippen LogP contribution in [0.15, 0.2) is 12.7 Å². The monoisotopic (exact) mass is 195 g/mol. The van der Waals surface area contributed by atoms with Crippen LogP contribution in [-0.2, 0) is 14.1 Å². The predicted octanol–water partition coefficient (Wildman–Crippen LogP) is -0.578. The third kappa shape index (κ3) is 7.99. The second-order valence-corrected chi connectivity index (χ2v) is 2.61. The fourth-order valence-electron chi connectivity index (χ4n) is 0.461. The molecule has 1 N–H and O–H groups in total. The maximum Gasteiger partial charge on any atom is 0.0887 e. The van der Waals surface area contributed by atoms with Crippen LogP contribution in [0.3, 0.4) is 0 Å². The lowest BCUT2D eigenvalue weighted by atomic mass is 10.4. The van der Waals surface area contributed by atoms with Gasteiger partial charge in [-0.1, -0.05) is 6.08 Å². The number of hydrogen-bond donors (Lipinski definition) is 1. The van der Waals surface area contributed by atoms with Gasteiger partial charge in [0.2, 0.25) is 0 Å². The van der Waals surface area contributed by atoms with E-state index in [0.29, 0.717) is 6.61 Å². The van der Waals surface area contributed by atoms with Crippen molar-refractivity contribution >= 4 is 12.0 Å². The summed E-state index contributed by atoms with van der Waals surface area (Å²) in [7, 11) is 0. The molecule has 0 aromatic carbocycles. The summed E-state index contributed by atoms with van der Waals surface area (Å²) in [4.78, 5) is 0. The Bertz CT molecular complexity index is 110. The Labute approximate surface area is 75.0 Å². The molecule has 0 saturated carbocycles. The zero-order chi connectivity index (χ0) is 9.23. The lowest BCUT2D eigenvalue weighted by Crippen LogP contribution is -2.18. The molecule has 1 unspecified atom stereocenters. The fourth-order valence-corrected chi connectivity index (χ4v) is 0.810. The highest BCUT2D eigenvalue weighted by atomic mass is 32.2. The summed E-state index contributed by atoms with van der Waals surface area (Å²) in [5.74, 6) is 0.222. The van der Waals surface area contributed by atoms with Crippen molar-refractivity contribution in [2.75, 3.05) is 19.0 Å². The standard InChI is InChI=1S/C6H12O5S/c1-2-3-9-4-6(7)5-12-11-10-8/h2,6-8H,1,3-5H2/p-1. The van der Waals surface area contributed by atoms with Crippen LogP contribution in [-0.4, -0.2) is 30.2 Å². The van der Waals surface area contributed by atoms with Crippen molar-refractivity contribution in [1.82, 2.24) is 0 Å². The smallest absolute Gasteiger partial charge is 0.0887 e. The summed E-state index contributed by atoms with van der Waals surface area (Å²) in [5.41, 5.74) is 0. The number of hydrogen-bond acceptors (Lipinski definition) is 6. The zero-order valence-corrected chi connectivity index (χ0v) is 7.29. The summed E-state index contributed by atoms with van der Waals surface area (Å²) in [6, 6.07) is 0. The average Bonchev–Trinajstić information content (AvgIpc) is 2.06. The van der Waals surface area contributed by atoms with Crippen LogP contribution in [0.5, 0.6) is 0 Å². The first kappa shape index (κ1) is 11.9. The highest BCUT2D eigenvalue weighted by molar-refractivity contribution is 7.94. The normalized spacial score (nSPS) is 12.8. The Kier molecular flexibility index (Phi) is 8.90. The molecule has 0 rings (SSSR count). The van der Waals surface area contributed by atoms with Crippen molar-refractivity contribution in [3.05, 3.63) is 12.7 Å². The second-order valence-electron chi connectivity index (χ2n) is 1.90. The summed E-state index contributed by atoms with van der Waals surface area (Å²) in [5, 5.41) is 21.4. The molecule has 0 aromatic rings. The van der Waals surface area contributed by atoms with Gasteiger partial charge in [-0.2, -0.15) is 4.33 Å². The van der Waals surface area contributed by atoms with Crippen molar-refractivity contribution in [2.45, 2.75) is 6.10 Å². The average molecular weight is 195 g/mol. The van der Waals surface area contributed by atoms with E-state index >= 15 is 0 Å². The van der Waals surface area contributed by atoms with Gasteiger partial charge in [0.05, 0.1) is 25.1 Å². The summed E-state index contributed by atoms with van der Waals surface area (Å²) >= 11 is 0.729. The van der Waals surface area contributed by atoms with E-state index < -0.39 is 6.10 Å². The topological polar surface area (TPSA) is 71.0 Å². The van der Waals surface area contributed by atoms with E-state index in [1.54, 1.807) is 6.08 Å². The first-order valence-electron chi connectivity index (χ1n) is 3.26. The molecule has 6 heteroatoms. The molecule has 0 spiro atoms. The first-order chi connectivity index (χ1) is 5.81. The molecule has 0 radical (unpaired) electrons. The highest BCUT2D eigenvalue weighted by Crippen LogP contribution is 2.03. The van der Waals surface area contributed by atoms with Crippen molar-refractivity contribution < 1.29 is 24.5 Å². The van der Waals surface area contributed by atoms with Crippen molar-refractivity contribution in [2.24, 2.45) is 0 Å². The third-order valence-electron chi connectivity index (χ3n) is 0.882. The Balaban J connectivity index is 3.09. The molecule has 1 atom stereocenters. The fraction of sp³-hybridized carbons (Fsp3) is 0.667. The number of ether oxygens (including phenoxy) is 1. The first-order valence-corrected chi connectivity index (χ1v) is 4.17. The summed E-state index contributed by atoms with van der Waals surface area (Å²) in [6.45, 7) is 4.01. The Hall–Kier alpha value is -0.110.